The molecule has 3 aromatic carbocycles. The number of hydrogen-bond donors (Lipinski definition) is 1. The lowest BCUT2D eigenvalue weighted by Crippen LogP contribution is -2.51. The number of anilines is 1. The van der Waals surface area contributed by atoms with Crippen molar-refractivity contribution >= 4 is 62.3 Å². The molecule has 11 heteroatoms. The third-order valence-electron chi connectivity index (χ3n) is 6.19. The normalized spacial score (nSPS) is 12.2. The SMILES string of the molecule is Cc1ccc(S(=O)(=O)N(CC(=O)N(Cc2ccc(Cl)cc2Cl)C(C)C(=O)NCC(C)C)c2cccc(Cl)c2)cc1. The number of amides is 2. The van der Waals surface area contributed by atoms with Gasteiger partial charge in [0.1, 0.15) is 12.6 Å². The number of nitrogens with zero attached hydrogens (tertiary/aromatic N) is 2. The molecule has 40 heavy (non-hydrogen) atoms. The molecule has 3 aromatic rings. The summed E-state index contributed by atoms with van der Waals surface area (Å²) >= 11 is 18.7. The monoisotopic (exact) mass is 623 g/mol. The van der Waals surface area contributed by atoms with E-state index in [-0.39, 0.29) is 29.0 Å². The van der Waals surface area contributed by atoms with Gasteiger partial charge in [0.05, 0.1) is 10.6 Å². The minimum Gasteiger partial charge on any atom is -0.354 e. The molecule has 0 spiro atoms. The second-order valence-electron chi connectivity index (χ2n) is 9.88. The van der Waals surface area contributed by atoms with Gasteiger partial charge in [-0.3, -0.25) is 13.9 Å². The maximum atomic E-state index is 13.9. The molecule has 1 N–H and O–H groups in total. The Morgan fingerprint density at radius 2 is 1.55 bits per heavy atom. The summed E-state index contributed by atoms with van der Waals surface area (Å²) in [5.41, 5.74) is 1.65. The highest BCUT2D eigenvalue weighted by atomic mass is 35.5. The standard InChI is InChI=1S/C29H32Cl3N3O4S/c1-19(2)16-33-29(37)21(4)34(17-22-10-11-24(31)15-27(22)32)28(36)18-35(25-7-5-6-23(30)14-25)40(38,39)26-12-8-20(3)9-13-26/h5-15,19,21H,16-18H2,1-4H3,(H,33,37). The zero-order valence-electron chi connectivity index (χ0n) is 22.7. The quantitative estimate of drug-likeness (QED) is 0.270. The lowest BCUT2D eigenvalue weighted by Gasteiger charge is -2.32. The van der Waals surface area contributed by atoms with Crippen molar-refractivity contribution in [2.24, 2.45) is 5.92 Å². The van der Waals surface area contributed by atoms with Gasteiger partial charge in [-0.15, -0.1) is 0 Å². The molecule has 0 aliphatic carbocycles. The molecule has 1 unspecified atom stereocenters. The van der Waals surface area contributed by atoms with E-state index in [1.165, 1.54) is 23.1 Å². The number of carbonyl (C=O) groups is 2. The summed E-state index contributed by atoms with van der Waals surface area (Å²) in [5.74, 6) is -0.777. The van der Waals surface area contributed by atoms with Crippen LogP contribution in [0.2, 0.25) is 15.1 Å². The van der Waals surface area contributed by atoms with Gasteiger partial charge in [0.2, 0.25) is 11.8 Å². The van der Waals surface area contributed by atoms with Crippen LogP contribution in [-0.4, -0.2) is 44.3 Å². The van der Waals surface area contributed by atoms with E-state index in [1.807, 2.05) is 20.8 Å². The minimum atomic E-state index is -4.19. The fourth-order valence-corrected chi connectivity index (χ4v) is 5.92. The second kappa shape index (κ2) is 13.7. The largest absolute Gasteiger partial charge is 0.354 e. The molecule has 1 atom stereocenters. The Balaban J connectivity index is 2.04. The highest BCUT2D eigenvalue weighted by Crippen LogP contribution is 2.28. The van der Waals surface area contributed by atoms with Crippen LogP contribution < -0.4 is 9.62 Å². The van der Waals surface area contributed by atoms with Crippen LogP contribution in [0.25, 0.3) is 0 Å². The first-order valence-electron chi connectivity index (χ1n) is 12.7. The van der Waals surface area contributed by atoms with E-state index in [9.17, 15) is 18.0 Å². The fraction of sp³-hybridized carbons (Fsp3) is 0.310. The van der Waals surface area contributed by atoms with Crippen molar-refractivity contribution in [3.63, 3.8) is 0 Å². The highest BCUT2D eigenvalue weighted by molar-refractivity contribution is 7.92. The Kier molecular flexibility index (Phi) is 10.9. The molecule has 0 bridgehead atoms. The number of rotatable bonds is 11. The molecular weight excluding hydrogens is 593 g/mol. The number of halogens is 3. The summed E-state index contributed by atoms with van der Waals surface area (Å²) in [6.07, 6.45) is 0. The van der Waals surface area contributed by atoms with E-state index in [1.54, 1.807) is 55.5 Å². The average Bonchev–Trinajstić information content (AvgIpc) is 2.89. The maximum absolute atomic E-state index is 13.9. The molecule has 3 rings (SSSR count). The first-order valence-corrected chi connectivity index (χ1v) is 15.2. The molecule has 0 saturated heterocycles. The van der Waals surface area contributed by atoms with E-state index in [2.05, 4.69) is 5.32 Å². The first kappa shape index (κ1) is 31.7. The highest BCUT2D eigenvalue weighted by Gasteiger charge is 2.33. The molecule has 0 radical (unpaired) electrons. The van der Waals surface area contributed by atoms with Crippen LogP contribution in [0.3, 0.4) is 0 Å². The van der Waals surface area contributed by atoms with Gasteiger partial charge in [-0.1, -0.05) is 78.5 Å². The van der Waals surface area contributed by atoms with Crippen molar-refractivity contribution < 1.29 is 18.0 Å². The number of aryl methyl sites for hydroxylation is 1. The Hall–Kier alpha value is -2.78. The van der Waals surface area contributed by atoms with Crippen molar-refractivity contribution in [3.8, 4) is 0 Å². The Bertz CT molecular complexity index is 1460. The lowest BCUT2D eigenvalue weighted by atomic mass is 10.1. The molecule has 2 amide bonds. The average molecular weight is 625 g/mol. The Morgan fingerprint density at radius 3 is 2.15 bits per heavy atom. The van der Waals surface area contributed by atoms with E-state index in [0.717, 1.165) is 9.87 Å². The molecule has 0 aliphatic rings. The number of nitrogens with one attached hydrogen (secondary N) is 1. The summed E-state index contributed by atoms with van der Waals surface area (Å²) < 4.78 is 28.7. The van der Waals surface area contributed by atoms with Gasteiger partial charge in [-0.05, 0) is 67.8 Å². The lowest BCUT2D eigenvalue weighted by molar-refractivity contribution is -0.139. The Morgan fingerprint density at radius 1 is 0.900 bits per heavy atom. The number of carbonyl (C=O) groups excluding carboxylic acids is 2. The minimum absolute atomic E-state index is 0.0147. The molecule has 0 aromatic heterocycles. The van der Waals surface area contributed by atoms with Crippen LogP contribution >= 0.6 is 34.8 Å². The number of benzene rings is 3. The topological polar surface area (TPSA) is 86.8 Å². The summed E-state index contributed by atoms with van der Waals surface area (Å²) in [6, 6.07) is 16.5. The summed E-state index contributed by atoms with van der Waals surface area (Å²) in [6.45, 7) is 7.15. The van der Waals surface area contributed by atoms with Crippen LogP contribution in [0.1, 0.15) is 31.9 Å². The van der Waals surface area contributed by atoms with E-state index >= 15 is 0 Å². The van der Waals surface area contributed by atoms with Crippen molar-refractivity contribution in [1.29, 1.82) is 0 Å². The van der Waals surface area contributed by atoms with Crippen molar-refractivity contribution in [2.45, 2.75) is 45.2 Å². The van der Waals surface area contributed by atoms with Gasteiger partial charge in [0.15, 0.2) is 0 Å². The number of hydrogen-bond acceptors (Lipinski definition) is 4. The molecule has 7 nitrogen and oxygen atoms in total. The molecular formula is C29H32Cl3N3O4S. The third kappa shape index (κ3) is 8.13. The van der Waals surface area contributed by atoms with Crippen molar-refractivity contribution in [1.82, 2.24) is 10.2 Å². The smallest absolute Gasteiger partial charge is 0.264 e. The first-order chi connectivity index (χ1) is 18.8. The zero-order valence-corrected chi connectivity index (χ0v) is 25.8. The second-order valence-corrected chi connectivity index (χ2v) is 13.0. The summed E-state index contributed by atoms with van der Waals surface area (Å²) in [7, 11) is -4.19. The van der Waals surface area contributed by atoms with E-state index in [4.69, 9.17) is 34.8 Å². The summed E-state index contributed by atoms with van der Waals surface area (Å²) in [4.78, 5) is 28.3. The van der Waals surface area contributed by atoms with Crippen molar-refractivity contribution in [2.75, 3.05) is 17.4 Å². The van der Waals surface area contributed by atoms with Crippen LogP contribution in [-0.2, 0) is 26.2 Å². The molecule has 214 valence electrons. The molecule has 0 fully saturated rings. The van der Waals surface area contributed by atoms with E-state index < -0.39 is 28.5 Å². The Labute approximate surface area is 251 Å². The van der Waals surface area contributed by atoms with Gasteiger partial charge in [0, 0.05) is 28.2 Å². The fourth-order valence-electron chi connectivity index (χ4n) is 3.87. The number of sulfonamides is 1. The van der Waals surface area contributed by atoms with E-state index in [0.29, 0.717) is 27.2 Å². The van der Waals surface area contributed by atoms with Crippen molar-refractivity contribution in [3.05, 3.63) is 92.9 Å². The maximum Gasteiger partial charge on any atom is 0.264 e. The van der Waals surface area contributed by atoms with Gasteiger partial charge in [-0.2, -0.15) is 0 Å². The van der Waals surface area contributed by atoms with Crippen LogP contribution in [0.5, 0.6) is 0 Å². The van der Waals surface area contributed by atoms with Crippen LogP contribution in [0, 0.1) is 12.8 Å². The van der Waals surface area contributed by atoms with Crippen LogP contribution in [0.15, 0.2) is 71.6 Å². The predicted octanol–water partition coefficient (Wildman–Crippen LogP) is 6.34. The molecule has 0 aliphatic heterocycles. The summed E-state index contributed by atoms with van der Waals surface area (Å²) in [5, 5.41) is 3.89. The van der Waals surface area contributed by atoms with Crippen LogP contribution in [0.4, 0.5) is 5.69 Å². The van der Waals surface area contributed by atoms with Gasteiger partial charge >= 0.3 is 0 Å². The van der Waals surface area contributed by atoms with Gasteiger partial charge in [-0.25, -0.2) is 8.42 Å². The third-order valence-corrected chi connectivity index (χ3v) is 8.80. The predicted molar refractivity (Wildman–Crippen MR) is 161 cm³/mol. The zero-order chi connectivity index (χ0) is 29.6. The molecule has 0 heterocycles. The van der Waals surface area contributed by atoms with Gasteiger partial charge < -0.3 is 10.2 Å². The molecule has 0 saturated carbocycles. The van der Waals surface area contributed by atoms with Gasteiger partial charge in [0.25, 0.3) is 10.0 Å².